The van der Waals surface area contributed by atoms with Crippen LogP contribution in [0, 0.1) is 12.8 Å². The standard InChI is InChI=1S/C24H27N3O/c1-17-5-4-6-19(15-17)26-11-13-27(14-12-26)24(28)18-9-10-23-21(16-18)20-7-2-3-8-22(20)25-23/h2-8,15,18,25H,9-14,16H2,1H3. The van der Waals surface area contributed by atoms with Crippen molar-refractivity contribution < 1.29 is 4.79 Å². The van der Waals surface area contributed by atoms with Gasteiger partial charge in [0.1, 0.15) is 0 Å². The van der Waals surface area contributed by atoms with Gasteiger partial charge in [0.2, 0.25) is 5.91 Å². The van der Waals surface area contributed by atoms with Gasteiger partial charge >= 0.3 is 0 Å². The predicted molar refractivity (Wildman–Crippen MR) is 114 cm³/mol. The van der Waals surface area contributed by atoms with E-state index in [0.717, 1.165) is 45.4 Å². The van der Waals surface area contributed by atoms with Crippen LogP contribution in [0.25, 0.3) is 10.9 Å². The summed E-state index contributed by atoms with van der Waals surface area (Å²) in [5.41, 5.74) is 6.45. The maximum Gasteiger partial charge on any atom is 0.226 e. The van der Waals surface area contributed by atoms with Crippen LogP contribution < -0.4 is 4.90 Å². The van der Waals surface area contributed by atoms with Crippen LogP contribution in [-0.4, -0.2) is 42.0 Å². The number of para-hydroxylation sites is 1. The molecule has 2 heterocycles. The zero-order chi connectivity index (χ0) is 19.1. The van der Waals surface area contributed by atoms with E-state index >= 15 is 0 Å². The number of amides is 1. The molecule has 1 unspecified atom stereocenters. The normalized spacial score (nSPS) is 19.7. The average Bonchev–Trinajstić information content (AvgIpc) is 3.11. The van der Waals surface area contributed by atoms with Crippen LogP contribution in [0.4, 0.5) is 5.69 Å². The average molecular weight is 374 g/mol. The summed E-state index contributed by atoms with van der Waals surface area (Å²) in [5.74, 6) is 0.469. The Hall–Kier alpha value is -2.75. The first kappa shape index (κ1) is 17.4. The molecule has 1 N–H and O–H groups in total. The highest BCUT2D eigenvalue weighted by molar-refractivity contribution is 5.87. The number of carbonyl (C=O) groups excluding carboxylic acids is 1. The number of piperazine rings is 1. The number of aryl methyl sites for hydroxylation is 2. The molecule has 1 atom stereocenters. The first-order valence-electron chi connectivity index (χ1n) is 10.4. The Kier molecular flexibility index (Phi) is 4.34. The lowest BCUT2D eigenvalue weighted by Crippen LogP contribution is -2.51. The number of aromatic amines is 1. The van der Waals surface area contributed by atoms with Crippen LogP contribution in [-0.2, 0) is 17.6 Å². The van der Waals surface area contributed by atoms with Crippen molar-refractivity contribution in [3.63, 3.8) is 0 Å². The van der Waals surface area contributed by atoms with Gasteiger partial charge in [0.05, 0.1) is 0 Å². The van der Waals surface area contributed by atoms with Gasteiger partial charge in [-0.2, -0.15) is 0 Å². The van der Waals surface area contributed by atoms with Crippen molar-refractivity contribution in [1.82, 2.24) is 9.88 Å². The molecule has 0 saturated carbocycles. The molecular weight excluding hydrogens is 346 g/mol. The number of rotatable bonds is 2. The molecule has 1 saturated heterocycles. The lowest BCUT2D eigenvalue weighted by molar-refractivity contribution is -0.136. The largest absolute Gasteiger partial charge is 0.368 e. The molecule has 1 amide bonds. The van der Waals surface area contributed by atoms with E-state index in [-0.39, 0.29) is 5.92 Å². The summed E-state index contributed by atoms with van der Waals surface area (Å²) in [7, 11) is 0. The van der Waals surface area contributed by atoms with E-state index in [9.17, 15) is 4.79 Å². The Morgan fingerprint density at radius 3 is 2.68 bits per heavy atom. The minimum Gasteiger partial charge on any atom is -0.368 e. The van der Waals surface area contributed by atoms with Gasteiger partial charge in [-0.15, -0.1) is 0 Å². The van der Waals surface area contributed by atoms with E-state index in [0.29, 0.717) is 5.91 Å². The van der Waals surface area contributed by atoms with E-state index in [4.69, 9.17) is 0 Å². The molecule has 5 rings (SSSR count). The number of nitrogens with zero attached hydrogens (tertiary/aromatic N) is 2. The number of fused-ring (bicyclic) bond motifs is 3. The highest BCUT2D eigenvalue weighted by Crippen LogP contribution is 2.32. The highest BCUT2D eigenvalue weighted by Gasteiger charge is 2.31. The topological polar surface area (TPSA) is 39.3 Å². The molecule has 2 aromatic carbocycles. The number of aromatic nitrogens is 1. The quantitative estimate of drug-likeness (QED) is 0.739. The third kappa shape index (κ3) is 3.07. The van der Waals surface area contributed by atoms with E-state index in [1.807, 2.05) is 0 Å². The molecule has 4 heteroatoms. The molecule has 2 aliphatic rings. The minimum absolute atomic E-state index is 0.122. The van der Waals surface area contributed by atoms with Gasteiger partial charge in [0, 0.05) is 54.4 Å². The summed E-state index contributed by atoms with van der Waals surface area (Å²) >= 11 is 0. The van der Waals surface area contributed by atoms with Crippen molar-refractivity contribution in [3.8, 4) is 0 Å². The summed E-state index contributed by atoms with van der Waals surface area (Å²) < 4.78 is 0. The second-order valence-corrected chi connectivity index (χ2v) is 8.22. The second-order valence-electron chi connectivity index (χ2n) is 8.22. The van der Waals surface area contributed by atoms with E-state index in [2.05, 4.69) is 70.2 Å². The lowest BCUT2D eigenvalue weighted by atomic mass is 9.85. The molecule has 28 heavy (non-hydrogen) atoms. The molecule has 144 valence electrons. The van der Waals surface area contributed by atoms with Crippen molar-refractivity contribution in [2.75, 3.05) is 31.1 Å². The molecule has 0 radical (unpaired) electrons. The van der Waals surface area contributed by atoms with Gasteiger partial charge in [-0.25, -0.2) is 0 Å². The Balaban J connectivity index is 1.26. The van der Waals surface area contributed by atoms with Crippen LogP contribution in [0.5, 0.6) is 0 Å². The number of hydrogen-bond acceptors (Lipinski definition) is 2. The molecule has 1 aliphatic heterocycles. The van der Waals surface area contributed by atoms with Crippen molar-refractivity contribution in [3.05, 3.63) is 65.4 Å². The van der Waals surface area contributed by atoms with Crippen LogP contribution in [0.15, 0.2) is 48.5 Å². The third-order valence-corrected chi connectivity index (χ3v) is 6.40. The smallest absolute Gasteiger partial charge is 0.226 e. The fourth-order valence-electron chi connectivity index (χ4n) is 4.85. The molecular formula is C24H27N3O. The number of H-pyrrole nitrogens is 1. The number of nitrogens with one attached hydrogen (secondary N) is 1. The monoisotopic (exact) mass is 373 g/mol. The van der Waals surface area contributed by atoms with Crippen LogP contribution >= 0.6 is 0 Å². The number of hydrogen-bond donors (Lipinski definition) is 1. The predicted octanol–water partition coefficient (Wildman–Crippen LogP) is 3.93. The van der Waals surface area contributed by atoms with Crippen molar-refractivity contribution in [1.29, 1.82) is 0 Å². The van der Waals surface area contributed by atoms with Crippen molar-refractivity contribution in [2.24, 2.45) is 5.92 Å². The molecule has 4 nitrogen and oxygen atoms in total. The fraction of sp³-hybridized carbons (Fsp3) is 0.375. The van der Waals surface area contributed by atoms with E-state index in [1.54, 1.807) is 0 Å². The summed E-state index contributed by atoms with van der Waals surface area (Å²) in [6, 6.07) is 17.1. The van der Waals surface area contributed by atoms with Crippen LogP contribution in [0.3, 0.4) is 0 Å². The molecule has 0 bridgehead atoms. The molecule has 1 aliphatic carbocycles. The second kappa shape index (κ2) is 7.01. The van der Waals surface area contributed by atoms with Gasteiger partial charge in [-0.1, -0.05) is 30.3 Å². The Morgan fingerprint density at radius 2 is 1.86 bits per heavy atom. The van der Waals surface area contributed by atoms with Gasteiger partial charge in [0.15, 0.2) is 0 Å². The van der Waals surface area contributed by atoms with E-state index < -0.39 is 0 Å². The Labute approximate surface area is 166 Å². The summed E-state index contributed by atoms with van der Waals surface area (Å²) in [5, 5.41) is 1.29. The van der Waals surface area contributed by atoms with Crippen molar-refractivity contribution in [2.45, 2.75) is 26.2 Å². The zero-order valence-corrected chi connectivity index (χ0v) is 16.4. The Morgan fingerprint density at radius 1 is 1.04 bits per heavy atom. The number of anilines is 1. The summed E-state index contributed by atoms with van der Waals surface area (Å²) in [6.45, 7) is 5.61. The van der Waals surface area contributed by atoms with Gasteiger partial charge in [-0.05, 0) is 55.5 Å². The first-order chi connectivity index (χ1) is 13.7. The lowest BCUT2D eigenvalue weighted by Gasteiger charge is -2.38. The maximum atomic E-state index is 13.2. The van der Waals surface area contributed by atoms with Gasteiger partial charge in [0.25, 0.3) is 0 Å². The van der Waals surface area contributed by atoms with Gasteiger partial charge < -0.3 is 14.8 Å². The maximum absolute atomic E-state index is 13.2. The summed E-state index contributed by atoms with van der Waals surface area (Å²) in [4.78, 5) is 21.3. The molecule has 0 spiro atoms. The fourth-order valence-corrected chi connectivity index (χ4v) is 4.85. The van der Waals surface area contributed by atoms with E-state index in [1.165, 1.54) is 33.4 Å². The third-order valence-electron chi connectivity index (χ3n) is 6.40. The van der Waals surface area contributed by atoms with Crippen molar-refractivity contribution >= 4 is 22.5 Å². The molecule has 3 aromatic rings. The SMILES string of the molecule is Cc1cccc(N2CCN(C(=O)C3CCc4[nH]c5ccccc5c4C3)CC2)c1. The van der Waals surface area contributed by atoms with Gasteiger partial charge in [-0.3, -0.25) is 4.79 Å². The Bertz CT molecular complexity index is 1010. The zero-order valence-electron chi connectivity index (χ0n) is 16.4. The number of carbonyl (C=O) groups is 1. The van der Waals surface area contributed by atoms with Crippen LogP contribution in [0.1, 0.15) is 23.2 Å². The number of benzene rings is 2. The highest BCUT2D eigenvalue weighted by atomic mass is 16.2. The molecule has 1 fully saturated rings. The minimum atomic E-state index is 0.122. The summed E-state index contributed by atoms with van der Waals surface area (Å²) in [6.07, 6.45) is 2.80. The first-order valence-corrected chi connectivity index (χ1v) is 10.4. The molecule has 1 aromatic heterocycles. The van der Waals surface area contributed by atoms with Crippen LogP contribution in [0.2, 0.25) is 0 Å².